The number of benzene rings is 2. The third-order valence-corrected chi connectivity index (χ3v) is 4.29. The summed E-state index contributed by atoms with van der Waals surface area (Å²) in [7, 11) is 0. The zero-order valence-corrected chi connectivity index (χ0v) is 15.8. The second-order valence-electron chi connectivity index (χ2n) is 5.87. The fraction of sp³-hybridized carbons (Fsp3) is 0.100. The van der Waals surface area contributed by atoms with E-state index >= 15 is 0 Å². The van der Waals surface area contributed by atoms with Crippen molar-refractivity contribution < 1.29 is 9.59 Å². The van der Waals surface area contributed by atoms with Crippen molar-refractivity contribution >= 4 is 40.7 Å². The Balaban J connectivity index is 1.56. The van der Waals surface area contributed by atoms with Gasteiger partial charge in [-0.05, 0) is 54.6 Å². The number of nitrogens with zero attached hydrogens (tertiary/aromatic N) is 1. The van der Waals surface area contributed by atoms with Gasteiger partial charge in [0, 0.05) is 52.3 Å². The number of amides is 2. The number of carbonyl (C=O) groups is 2. The summed E-state index contributed by atoms with van der Waals surface area (Å²) in [5, 5.41) is 6.39. The van der Waals surface area contributed by atoms with Crippen LogP contribution in [0.5, 0.6) is 0 Å². The molecule has 0 saturated carbocycles. The summed E-state index contributed by atoms with van der Waals surface area (Å²) in [6, 6.07) is 15.2. The molecule has 0 aliphatic rings. The minimum absolute atomic E-state index is 0.165. The Kier molecular flexibility index (Phi) is 6.16. The van der Waals surface area contributed by atoms with Crippen LogP contribution in [0.2, 0.25) is 10.0 Å². The first kappa shape index (κ1) is 19.0. The molecular formula is C20H17Cl2N3O2. The minimum Gasteiger partial charge on any atom is -0.353 e. The molecule has 0 atom stereocenters. The lowest BCUT2D eigenvalue weighted by Gasteiger charge is -2.09. The minimum atomic E-state index is -0.330. The van der Waals surface area contributed by atoms with Crippen LogP contribution in [0.15, 0.2) is 67.0 Å². The van der Waals surface area contributed by atoms with Crippen LogP contribution in [0, 0.1) is 0 Å². The smallest absolute Gasteiger partial charge is 0.255 e. The highest BCUT2D eigenvalue weighted by atomic mass is 35.5. The van der Waals surface area contributed by atoms with E-state index in [9.17, 15) is 9.59 Å². The molecule has 138 valence electrons. The molecule has 2 N–H and O–H groups in total. The number of rotatable bonds is 6. The zero-order valence-electron chi connectivity index (χ0n) is 14.3. The largest absolute Gasteiger partial charge is 0.353 e. The quantitative estimate of drug-likeness (QED) is 0.639. The average Bonchev–Trinajstić information content (AvgIpc) is 3.15. The van der Waals surface area contributed by atoms with E-state index in [1.54, 1.807) is 30.3 Å². The molecule has 2 aromatic carbocycles. The first-order chi connectivity index (χ1) is 13.0. The predicted octanol–water partition coefficient (Wildman–Crippen LogP) is 4.48. The van der Waals surface area contributed by atoms with Crippen molar-refractivity contribution in [2.75, 3.05) is 11.9 Å². The van der Waals surface area contributed by atoms with Gasteiger partial charge >= 0.3 is 0 Å². The molecule has 0 aliphatic heterocycles. The maximum Gasteiger partial charge on any atom is 0.255 e. The predicted molar refractivity (Wildman–Crippen MR) is 108 cm³/mol. The van der Waals surface area contributed by atoms with Gasteiger partial charge in [-0.1, -0.05) is 23.2 Å². The summed E-state index contributed by atoms with van der Waals surface area (Å²) in [5.74, 6) is -0.495. The molecule has 3 aromatic rings. The molecule has 7 heteroatoms. The van der Waals surface area contributed by atoms with Gasteiger partial charge < -0.3 is 15.2 Å². The average molecular weight is 402 g/mol. The highest BCUT2D eigenvalue weighted by molar-refractivity contribution is 6.35. The second kappa shape index (κ2) is 8.75. The molecule has 0 fully saturated rings. The van der Waals surface area contributed by atoms with Crippen molar-refractivity contribution in [1.82, 2.24) is 9.88 Å². The summed E-state index contributed by atoms with van der Waals surface area (Å²) in [6.45, 7) is 1.23. The van der Waals surface area contributed by atoms with Gasteiger partial charge in [0.05, 0.1) is 0 Å². The van der Waals surface area contributed by atoms with Crippen molar-refractivity contribution in [3.63, 3.8) is 0 Å². The lowest BCUT2D eigenvalue weighted by atomic mass is 10.1. The zero-order chi connectivity index (χ0) is 19.2. The number of nitrogens with one attached hydrogen (secondary N) is 2. The van der Waals surface area contributed by atoms with E-state index in [2.05, 4.69) is 10.6 Å². The van der Waals surface area contributed by atoms with Crippen LogP contribution in [0.25, 0.3) is 0 Å². The van der Waals surface area contributed by atoms with Gasteiger partial charge in [0.2, 0.25) is 0 Å². The fourth-order valence-corrected chi connectivity index (χ4v) is 3.04. The Morgan fingerprint density at radius 1 is 0.852 bits per heavy atom. The normalized spacial score (nSPS) is 10.4. The Hall–Kier alpha value is -2.76. The van der Waals surface area contributed by atoms with E-state index < -0.39 is 0 Å². The van der Waals surface area contributed by atoms with Crippen molar-refractivity contribution in [3.8, 4) is 0 Å². The van der Waals surface area contributed by atoms with Gasteiger partial charge in [-0.15, -0.1) is 0 Å². The van der Waals surface area contributed by atoms with Crippen LogP contribution in [-0.2, 0) is 6.54 Å². The SMILES string of the molecule is O=C(NCCn1cccc1)c1ccc(NC(=O)c2cc(Cl)cc(Cl)c2)cc1. The van der Waals surface area contributed by atoms with Gasteiger partial charge in [-0.25, -0.2) is 0 Å². The lowest BCUT2D eigenvalue weighted by Crippen LogP contribution is -2.26. The van der Waals surface area contributed by atoms with Crippen LogP contribution in [-0.4, -0.2) is 22.9 Å². The molecule has 1 heterocycles. The lowest BCUT2D eigenvalue weighted by molar-refractivity contribution is 0.0951. The Morgan fingerprint density at radius 2 is 1.48 bits per heavy atom. The van der Waals surface area contributed by atoms with Crippen LogP contribution in [0.4, 0.5) is 5.69 Å². The van der Waals surface area contributed by atoms with Crippen molar-refractivity contribution in [3.05, 3.63) is 88.2 Å². The van der Waals surface area contributed by atoms with Crippen molar-refractivity contribution in [2.45, 2.75) is 6.54 Å². The van der Waals surface area contributed by atoms with Crippen LogP contribution >= 0.6 is 23.2 Å². The highest BCUT2D eigenvalue weighted by Gasteiger charge is 2.10. The van der Waals surface area contributed by atoms with Gasteiger partial charge in [0.25, 0.3) is 11.8 Å². The fourth-order valence-electron chi connectivity index (χ4n) is 2.51. The summed E-state index contributed by atoms with van der Waals surface area (Å²) in [6.07, 6.45) is 3.88. The maximum absolute atomic E-state index is 12.3. The number of carbonyl (C=O) groups excluding carboxylic acids is 2. The Morgan fingerprint density at radius 3 is 2.11 bits per heavy atom. The van der Waals surface area contributed by atoms with Crippen molar-refractivity contribution in [2.24, 2.45) is 0 Å². The molecule has 0 bridgehead atoms. The van der Waals surface area contributed by atoms with Crippen molar-refractivity contribution in [1.29, 1.82) is 0 Å². The monoisotopic (exact) mass is 401 g/mol. The molecule has 0 spiro atoms. The number of hydrogen-bond donors (Lipinski definition) is 2. The molecule has 27 heavy (non-hydrogen) atoms. The molecule has 5 nitrogen and oxygen atoms in total. The molecule has 2 amide bonds. The third-order valence-electron chi connectivity index (χ3n) is 3.85. The molecule has 0 unspecified atom stereocenters. The summed E-state index contributed by atoms with van der Waals surface area (Å²) in [5.41, 5.74) is 1.45. The summed E-state index contributed by atoms with van der Waals surface area (Å²) >= 11 is 11.8. The molecule has 0 saturated heterocycles. The van der Waals surface area contributed by atoms with Crippen LogP contribution < -0.4 is 10.6 Å². The number of hydrogen-bond acceptors (Lipinski definition) is 2. The number of anilines is 1. The van der Waals surface area contributed by atoms with Gasteiger partial charge in [-0.3, -0.25) is 9.59 Å². The standard InChI is InChI=1S/C20H17Cl2N3O2/c21-16-11-15(12-17(22)13-16)20(27)24-18-5-3-14(4-6-18)19(26)23-7-10-25-8-1-2-9-25/h1-6,8-9,11-13H,7,10H2,(H,23,26)(H,24,27). The van der Waals surface area contributed by atoms with Crippen LogP contribution in [0.1, 0.15) is 20.7 Å². The van der Waals surface area contributed by atoms with E-state index in [0.717, 1.165) is 0 Å². The van der Waals surface area contributed by atoms with E-state index in [-0.39, 0.29) is 11.8 Å². The maximum atomic E-state index is 12.3. The summed E-state index contributed by atoms with van der Waals surface area (Å²) < 4.78 is 1.99. The number of aromatic nitrogens is 1. The molecule has 1 aromatic heterocycles. The van der Waals surface area contributed by atoms with E-state index in [4.69, 9.17) is 23.2 Å². The first-order valence-corrected chi connectivity index (χ1v) is 9.03. The Labute approximate surface area is 166 Å². The number of halogens is 2. The molecule has 3 rings (SSSR count). The van der Waals surface area contributed by atoms with Gasteiger partial charge in [0.15, 0.2) is 0 Å². The van der Waals surface area contributed by atoms with Gasteiger partial charge in [-0.2, -0.15) is 0 Å². The third kappa shape index (κ3) is 5.36. The molecule has 0 aliphatic carbocycles. The van der Waals surface area contributed by atoms with Gasteiger partial charge in [0.1, 0.15) is 0 Å². The van der Waals surface area contributed by atoms with Crippen LogP contribution in [0.3, 0.4) is 0 Å². The topological polar surface area (TPSA) is 63.1 Å². The molecule has 0 radical (unpaired) electrons. The van der Waals surface area contributed by atoms with E-state index in [0.29, 0.717) is 39.9 Å². The Bertz CT molecular complexity index is 918. The van der Waals surface area contributed by atoms with E-state index in [1.807, 2.05) is 29.1 Å². The molecular weight excluding hydrogens is 385 g/mol. The second-order valence-corrected chi connectivity index (χ2v) is 6.74. The first-order valence-electron chi connectivity index (χ1n) is 8.28. The summed E-state index contributed by atoms with van der Waals surface area (Å²) in [4.78, 5) is 24.4. The highest BCUT2D eigenvalue weighted by Crippen LogP contribution is 2.20. The van der Waals surface area contributed by atoms with E-state index in [1.165, 1.54) is 12.1 Å².